The summed E-state index contributed by atoms with van der Waals surface area (Å²) in [4.78, 5) is 105. The number of nitrogens with one attached hydrogen (secondary N) is 7. The van der Waals surface area contributed by atoms with Crippen LogP contribution in [0.25, 0.3) is 0 Å². The average molecular weight is 766 g/mol. The summed E-state index contributed by atoms with van der Waals surface area (Å²) in [5.41, 5.74) is 6.81. The van der Waals surface area contributed by atoms with Gasteiger partial charge in [-0.25, -0.2) is 14.8 Å². The molecular formula is C31H47N11O12. The maximum atomic E-state index is 13.5. The summed E-state index contributed by atoms with van der Waals surface area (Å²) >= 11 is 0. The summed E-state index contributed by atoms with van der Waals surface area (Å²) in [5.74, 6) is -7.23. The number of rotatable bonds is 20. The molecule has 6 amide bonds. The first kappa shape index (κ1) is 42.9. The number of nitrogens with two attached hydrogens (primary N) is 1. The lowest BCUT2D eigenvalue weighted by Gasteiger charge is -2.30. The summed E-state index contributed by atoms with van der Waals surface area (Å²) in [7, 11) is 0. The van der Waals surface area contributed by atoms with Crippen molar-refractivity contribution in [2.24, 2.45) is 5.73 Å². The molecule has 1 fully saturated rings. The molecule has 0 unspecified atom stereocenters. The van der Waals surface area contributed by atoms with E-state index in [1.54, 1.807) is 0 Å². The van der Waals surface area contributed by atoms with Gasteiger partial charge in [0, 0.05) is 43.2 Å². The molecule has 3 heterocycles. The molecule has 0 aliphatic carbocycles. The van der Waals surface area contributed by atoms with Crippen molar-refractivity contribution in [1.82, 2.24) is 51.4 Å². The van der Waals surface area contributed by atoms with Crippen LogP contribution in [-0.2, 0) is 46.4 Å². The second kappa shape index (κ2) is 20.1. The van der Waals surface area contributed by atoms with Crippen LogP contribution in [-0.4, -0.2) is 166 Å². The highest BCUT2D eigenvalue weighted by Crippen LogP contribution is 2.19. The Balaban J connectivity index is 1.67. The molecule has 54 heavy (non-hydrogen) atoms. The zero-order valence-corrected chi connectivity index (χ0v) is 29.5. The number of carboxylic acids is 1. The second-order valence-corrected chi connectivity index (χ2v) is 12.7. The normalized spacial score (nSPS) is 18.5. The highest BCUT2D eigenvalue weighted by Gasteiger charge is 2.40. The van der Waals surface area contributed by atoms with Gasteiger partial charge < -0.3 is 72.7 Å². The molecule has 0 aromatic carbocycles. The van der Waals surface area contributed by atoms with Crippen LogP contribution in [0.3, 0.4) is 0 Å². The molecule has 1 saturated heterocycles. The quantitative estimate of drug-likeness (QED) is 0.0596. The highest BCUT2D eigenvalue weighted by molar-refractivity contribution is 5.97. The number of nitrogens with zero attached hydrogens (tertiary/aromatic N) is 3. The number of aliphatic hydroxyl groups excluding tert-OH is 4. The summed E-state index contributed by atoms with van der Waals surface area (Å²) in [6.45, 7) is 0.452. The SMILES string of the molecule is C[C@@H](O)[C@H](NC(=O)[C@H](Cc1cnc[nH]1)NC(=O)[C@H](CO)NC(=O)[C@@H]1CCCN1C(=O)[C@H](CO)NC(=O)[C@@H](NC(=O)[C@@H](N)Cc1cnc[nH]1)[C@@H](C)O)C(=O)O. The van der Waals surface area contributed by atoms with Gasteiger partial charge in [0.05, 0.1) is 44.1 Å². The summed E-state index contributed by atoms with van der Waals surface area (Å²) in [5, 5.41) is 60.9. The Morgan fingerprint density at radius 3 is 1.83 bits per heavy atom. The van der Waals surface area contributed by atoms with Gasteiger partial charge in [0.1, 0.15) is 30.2 Å². The van der Waals surface area contributed by atoms with Gasteiger partial charge in [-0.3, -0.25) is 28.8 Å². The van der Waals surface area contributed by atoms with Gasteiger partial charge in [0.2, 0.25) is 35.4 Å². The fraction of sp³-hybridized carbons (Fsp3) is 0.581. The molecule has 2 aromatic rings. The number of carboxylic acid groups (broad SMARTS) is 1. The van der Waals surface area contributed by atoms with Gasteiger partial charge >= 0.3 is 5.97 Å². The Hall–Kier alpha value is -5.49. The first-order chi connectivity index (χ1) is 25.6. The van der Waals surface area contributed by atoms with Gasteiger partial charge in [-0.05, 0) is 26.7 Å². The number of aliphatic carboxylic acids is 1. The topological polar surface area (TPSA) is 367 Å². The van der Waals surface area contributed by atoms with Crippen molar-refractivity contribution >= 4 is 41.4 Å². The molecule has 23 nitrogen and oxygen atoms in total. The van der Waals surface area contributed by atoms with Crippen molar-refractivity contribution in [3.63, 3.8) is 0 Å². The zero-order chi connectivity index (χ0) is 40.1. The van der Waals surface area contributed by atoms with E-state index in [1.165, 1.54) is 32.0 Å². The minimum absolute atomic E-state index is 0.00124. The fourth-order valence-electron chi connectivity index (χ4n) is 5.54. The van der Waals surface area contributed by atoms with E-state index in [9.17, 15) is 59.1 Å². The maximum absolute atomic E-state index is 13.5. The number of amides is 6. The number of H-pyrrole nitrogens is 2. The van der Waals surface area contributed by atoms with Crippen molar-refractivity contribution in [2.45, 2.75) is 94.0 Å². The van der Waals surface area contributed by atoms with E-state index in [-0.39, 0.29) is 25.8 Å². The van der Waals surface area contributed by atoms with Crippen molar-refractivity contribution in [1.29, 1.82) is 0 Å². The monoisotopic (exact) mass is 765 g/mol. The fourth-order valence-corrected chi connectivity index (χ4v) is 5.54. The van der Waals surface area contributed by atoms with Crippen molar-refractivity contribution in [3.8, 4) is 0 Å². The van der Waals surface area contributed by atoms with Crippen LogP contribution >= 0.6 is 0 Å². The molecule has 3 rings (SSSR count). The third kappa shape index (κ3) is 11.8. The average Bonchev–Trinajstić information content (AvgIpc) is 3.93. The van der Waals surface area contributed by atoms with E-state index in [2.05, 4.69) is 46.5 Å². The van der Waals surface area contributed by atoms with E-state index in [1.807, 2.05) is 0 Å². The van der Waals surface area contributed by atoms with Gasteiger partial charge in [0.15, 0.2) is 6.04 Å². The maximum Gasteiger partial charge on any atom is 0.328 e. The molecule has 1 aliphatic rings. The molecule has 14 N–H and O–H groups in total. The molecule has 0 radical (unpaired) electrons. The van der Waals surface area contributed by atoms with Gasteiger partial charge in [-0.2, -0.15) is 0 Å². The van der Waals surface area contributed by atoms with E-state index >= 15 is 0 Å². The Labute approximate surface area is 307 Å². The Morgan fingerprint density at radius 2 is 1.31 bits per heavy atom. The Bertz CT molecular complexity index is 1590. The first-order valence-corrected chi connectivity index (χ1v) is 16.9. The number of carbonyl (C=O) groups excluding carboxylic acids is 6. The summed E-state index contributed by atoms with van der Waals surface area (Å²) in [6.07, 6.45) is 2.71. The summed E-state index contributed by atoms with van der Waals surface area (Å²) in [6, 6.07) is -10.4. The third-order valence-corrected chi connectivity index (χ3v) is 8.50. The lowest BCUT2D eigenvalue weighted by Crippen LogP contribution is -2.62. The van der Waals surface area contributed by atoms with Crippen LogP contribution in [0.1, 0.15) is 38.1 Å². The third-order valence-electron chi connectivity index (χ3n) is 8.50. The molecule has 1 aliphatic heterocycles. The molecule has 0 bridgehead atoms. The molecular weight excluding hydrogens is 718 g/mol. The lowest BCUT2D eigenvalue weighted by molar-refractivity contribution is -0.145. The van der Waals surface area contributed by atoms with Crippen LogP contribution in [0, 0.1) is 0 Å². The highest BCUT2D eigenvalue weighted by atomic mass is 16.4. The van der Waals surface area contributed by atoms with Crippen LogP contribution in [0.4, 0.5) is 0 Å². The minimum Gasteiger partial charge on any atom is -0.480 e. The smallest absolute Gasteiger partial charge is 0.328 e. The van der Waals surface area contributed by atoms with Crippen LogP contribution < -0.4 is 32.3 Å². The Kier molecular flexibility index (Phi) is 16.0. The Morgan fingerprint density at radius 1 is 0.778 bits per heavy atom. The van der Waals surface area contributed by atoms with Gasteiger partial charge in [-0.15, -0.1) is 0 Å². The van der Waals surface area contributed by atoms with E-state index in [0.717, 1.165) is 11.8 Å². The van der Waals surface area contributed by atoms with Crippen LogP contribution in [0.5, 0.6) is 0 Å². The standard InChI is InChI=1S/C31H47N11O12/c1-14(45)23(40-25(47)18(32)6-16-8-33-12-35-16)29(51)39-21(11-44)30(52)42-5-3-4-22(42)28(50)38-20(10-43)27(49)37-19(7-17-9-34-13-36-17)26(48)41-24(15(2)46)31(53)54/h8-9,12-15,18-24,43-46H,3-7,10-11,32H2,1-2H3,(H,33,35)(H,34,36)(H,37,49)(H,38,50)(H,39,51)(H,40,47)(H,41,48)(H,53,54)/t14-,15-,18+,19+,20+,21+,22+,23+,24+/m1/s1. The molecule has 0 saturated carbocycles. The zero-order valence-electron chi connectivity index (χ0n) is 29.5. The second-order valence-electron chi connectivity index (χ2n) is 12.7. The molecule has 23 heteroatoms. The predicted octanol–water partition coefficient (Wildman–Crippen LogP) is -6.51. The number of hydrogen-bond acceptors (Lipinski definition) is 14. The largest absolute Gasteiger partial charge is 0.480 e. The van der Waals surface area contributed by atoms with Crippen molar-refractivity contribution in [2.75, 3.05) is 19.8 Å². The molecule has 298 valence electrons. The predicted molar refractivity (Wildman–Crippen MR) is 182 cm³/mol. The van der Waals surface area contributed by atoms with Gasteiger partial charge in [-0.1, -0.05) is 0 Å². The minimum atomic E-state index is -1.72. The lowest BCUT2D eigenvalue weighted by atomic mass is 10.1. The van der Waals surface area contributed by atoms with Crippen molar-refractivity contribution in [3.05, 3.63) is 36.4 Å². The van der Waals surface area contributed by atoms with Gasteiger partial charge in [0.25, 0.3) is 0 Å². The number of carbonyl (C=O) groups is 7. The number of aromatic amines is 2. The van der Waals surface area contributed by atoms with E-state index in [4.69, 9.17) is 5.73 Å². The number of likely N-dealkylation sites (tertiary alicyclic amines) is 1. The number of imidazole rings is 2. The number of aliphatic hydroxyl groups is 4. The number of aromatic nitrogens is 4. The molecule has 9 atom stereocenters. The van der Waals surface area contributed by atoms with E-state index in [0.29, 0.717) is 17.8 Å². The summed E-state index contributed by atoms with van der Waals surface area (Å²) < 4.78 is 0. The molecule has 2 aromatic heterocycles. The molecule has 0 spiro atoms. The first-order valence-electron chi connectivity index (χ1n) is 16.9. The van der Waals surface area contributed by atoms with Crippen LogP contribution in [0.2, 0.25) is 0 Å². The van der Waals surface area contributed by atoms with Crippen LogP contribution in [0.15, 0.2) is 25.0 Å². The van der Waals surface area contributed by atoms with Crippen molar-refractivity contribution < 1.29 is 59.1 Å². The number of hydrogen-bond donors (Lipinski definition) is 13. The van der Waals surface area contributed by atoms with E-state index < -0.39 is 109 Å².